The summed E-state index contributed by atoms with van der Waals surface area (Å²) in [6, 6.07) is 0. The Morgan fingerprint density at radius 3 is 2.80 bits per heavy atom. The highest BCUT2D eigenvalue weighted by atomic mass is 35.5. The van der Waals surface area contributed by atoms with E-state index in [1.54, 1.807) is 20.2 Å². The van der Waals surface area contributed by atoms with Crippen LogP contribution in [0.15, 0.2) is 17.3 Å². The first-order chi connectivity index (χ1) is 6.93. The van der Waals surface area contributed by atoms with E-state index in [4.69, 9.17) is 11.6 Å². The van der Waals surface area contributed by atoms with Crippen LogP contribution in [0.4, 0.5) is 0 Å². The molecule has 5 nitrogen and oxygen atoms in total. The van der Waals surface area contributed by atoms with Gasteiger partial charge in [-0.05, 0) is 12.5 Å². The Balaban J connectivity index is 2.73. The average Bonchev–Trinajstić information content (AvgIpc) is 2.49. The number of aromatic nitrogens is 3. The first-order valence-corrected chi connectivity index (χ1v) is 6.50. The van der Waals surface area contributed by atoms with Gasteiger partial charge in [-0.1, -0.05) is 16.8 Å². The maximum Gasteiger partial charge on any atom is 0.159 e. The fraction of sp³-hybridized carbons (Fsp3) is 0.500. The molecule has 0 atom stereocenters. The molecule has 84 valence electrons. The highest BCUT2D eigenvalue weighted by molar-refractivity contribution is 7.90. The van der Waals surface area contributed by atoms with Crippen LogP contribution in [0.25, 0.3) is 0 Å². The average molecular weight is 250 g/mol. The van der Waals surface area contributed by atoms with Gasteiger partial charge in [0.25, 0.3) is 0 Å². The second kappa shape index (κ2) is 4.76. The molecule has 0 aliphatic rings. The van der Waals surface area contributed by atoms with Gasteiger partial charge in [-0.25, -0.2) is 8.42 Å². The Morgan fingerprint density at radius 1 is 1.67 bits per heavy atom. The van der Waals surface area contributed by atoms with Gasteiger partial charge in [0.05, 0.1) is 17.2 Å². The van der Waals surface area contributed by atoms with Crippen LogP contribution in [-0.2, 0) is 22.6 Å². The predicted molar refractivity (Wildman–Crippen MR) is 58.1 cm³/mol. The van der Waals surface area contributed by atoms with Crippen LogP contribution < -0.4 is 0 Å². The van der Waals surface area contributed by atoms with Crippen molar-refractivity contribution in [2.75, 3.05) is 5.75 Å². The smallest absolute Gasteiger partial charge is 0.159 e. The van der Waals surface area contributed by atoms with E-state index in [2.05, 4.69) is 10.3 Å². The van der Waals surface area contributed by atoms with Gasteiger partial charge in [0.15, 0.2) is 9.84 Å². The summed E-state index contributed by atoms with van der Waals surface area (Å²) in [6.45, 7) is 1.67. The van der Waals surface area contributed by atoms with E-state index in [9.17, 15) is 8.42 Å². The molecule has 1 heterocycles. The second-order valence-corrected chi connectivity index (χ2v) is 5.65. The molecule has 1 aromatic heterocycles. The Morgan fingerprint density at radius 2 is 2.33 bits per heavy atom. The van der Waals surface area contributed by atoms with Crippen LogP contribution >= 0.6 is 11.6 Å². The van der Waals surface area contributed by atoms with Crippen LogP contribution in [0, 0.1) is 0 Å². The minimum atomic E-state index is -3.20. The van der Waals surface area contributed by atoms with Gasteiger partial charge in [-0.3, -0.25) is 4.68 Å². The summed E-state index contributed by atoms with van der Waals surface area (Å²) in [5.41, 5.74) is 2.33. The van der Waals surface area contributed by atoms with Crippen molar-refractivity contribution in [2.45, 2.75) is 12.7 Å². The minimum absolute atomic E-state index is 0.0485. The quantitative estimate of drug-likeness (QED) is 0.794. The molecule has 15 heavy (non-hydrogen) atoms. The van der Waals surface area contributed by atoms with Gasteiger partial charge in [-0.2, -0.15) is 0 Å². The lowest BCUT2D eigenvalue weighted by atomic mass is 10.4. The first kappa shape index (κ1) is 12.2. The summed E-state index contributed by atoms with van der Waals surface area (Å²) in [5.74, 6) is -0.157. The number of hydrogen-bond donors (Lipinski definition) is 0. The van der Waals surface area contributed by atoms with Gasteiger partial charge >= 0.3 is 0 Å². The van der Waals surface area contributed by atoms with E-state index in [-0.39, 0.29) is 11.5 Å². The number of sulfone groups is 1. The van der Waals surface area contributed by atoms with Gasteiger partial charge < -0.3 is 0 Å². The van der Waals surface area contributed by atoms with Crippen LogP contribution in [0.5, 0.6) is 0 Å². The molecule has 0 saturated carbocycles. The Labute approximate surface area is 93.7 Å². The number of nitrogens with zero attached hydrogens (tertiary/aromatic N) is 3. The SMILES string of the molecule is CC(=CCl)CS(=O)(=O)Cc1cn(C)nn1. The number of rotatable bonds is 4. The third kappa shape index (κ3) is 4.01. The van der Waals surface area contributed by atoms with E-state index in [1.807, 2.05) is 0 Å². The lowest BCUT2D eigenvalue weighted by Crippen LogP contribution is -2.10. The molecule has 0 bridgehead atoms. The van der Waals surface area contributed by atoms with E-state index >= 15 is 0 Å². The third-order valence-corrected chi connectivity index (χ3v) is 3.66. The normalized spacial score (nSPS) is 13.1. The van der Waals surface area contributed by atoms with Gasteiger partial charge in [0.1, 0.15) is 0 Å². The minimum Gasteiger partial charge on any atom is -0.255 e. The zero-order valence-corrected chi connectivity index (χ0v) is 10.1. The summed E-state index contributed by atoms with van der Waals surface area (Å²) in [6.07, 6.45) is 1.58. The van der Waals surface area contributed by atoms with Crippen LogP contribution in [0.3, 0.4) is 0 Å². The Kier molecular flexibility index (Phi) is 3.87. The summed E-state index contributed by atoms with van der Waals surface area (Å²) in [7, 11) is -1.51. The fourth-order valence-electron chi connectivity index (χ4n) is 1.12. The molecule has 0 aliphatic carbocycles. The van der Waals surface area contributed by atoms with Crippen molar-refractivity contribution in [3.8, 4) is 0 Å². The van der Waals surface area contributed by atoms with Crippen LogP contribution in [0.2, 0.25) is 0 Å². The van der Waals surface area contributed by atoms with Crippen LogP contribution in [-0.4, -0.2) is 29.2 Å². The van der Waals surface area contributed by atoms with Gasteiger partial charge in [0.2, 0.25) is 0 Å². The van der Waals surface area contributed by atoms with Crippen molar-refractivity contribution in [2.24, 2.45) is 7.05 Å². The maximum atomic E-state index is 11.6. The lowest BCUT2D eigenvalue weighted by molar-refractivity contribution is 0.596. The summed E-state index contributed by atoms with van der Waals surface area (Å²) in [5, 5.41) is 7.38. The molecule has 0 fully saturated rings. The molecule has 7 heteroatoms. The zero-order valence-electron chi connectivity index (χ0n) is 8.51. The van der Waals surface area contributed by atoms with Crippen molar-refractivity contribution in [1.29, 1.82) is 0 Å². The predicted octanol–water partition coefficient (Wildman–Crippen LogP) is 0.873. The number of hydrogen-bond acceptors (Lipinski definition) is 4. The molecule has 0 unspecified atom stereocenters. The van der Waals surface area contributed by atoms with E-state index in [0.717, 1.165) is 0 Å². The second-order valence-electron chi connectivity index (χ2n) is 3.37. The molecule has 0 amide bonds. The fourth-order valence-corrected chi connectivity index (χ4v) is 2.75. The largest absolute Gasteiger partial charge is 0.255 e. The summed E-state index contributed by atoms with van der Waals surface area (Å²) in [4.78, 5) is 0. The summed E-state index contributed by atoms with van der Waals surface area (Å²) < 4.78 is 24.7. The Bertz CT molecular complexity index is 464. The molecule has 0 spiro atoms. The Hall–Kier alpha value is -0.880. The standard InChI is InChI=1S/C8H12ClN3O2S/c1-7(3-9)5-15(13,14)6-8-4-12(2)11-10-8/h3-4H,5-6H2,1-2H3. The molecule has 0 radical (unpaired) electrons. The monoisotopic (exact) mass is 249 g/mol. The van der Waals surface area contributed by atoms with Crippen molar-refractivity contribution in [1.82, 2.24) is 15.0 Å². The molecule has 1 rings (SSSR count). The van der Waals surface area contributed by atoms with Crippen molar-refractivity contribution < 1.29 is 8.42 Å². The van der Waals surface area contributed by atoms with Gasteiger partial charge in [0, 0.05) is 18.8 Å². The molecular formula is C8H12ClN3O2S. The van der Waals surface area contributed by atoms with E-state index < -0.39 is 9.84 Å². The number of halogens is 1. The van der Waals surface area contributed by atoms with E-state index in [0.29, 0.717) is 11.3 Å². The molecule has 0 aliphatic heterocycles. The summed E-state index contributed by atoms with van der Waals surface area (Å²) >= 11 is 5.41. The third-order valence-electron chi connectivity index (χ3n) is 1.65. The van der Waals surface area contributed by atoms with E-state index in [1.165, 1.54) is 10.2 Å². The first-order valence-electron chi connectivity index (χ1n) is 4.24. The highest BCUT2D eigenvalue weighted by Crippen LogP contribution is 2.07. The molecule has 1 aromatic rings. The van der Waals surface area contributed by atoms with Crippen molar-refractivity contribution >= 4 is 21.4 Å². The van der Waals surface area contributed by atoms with Crippen molar-refractivity contribution in [3.05, 3.63) is 23.0 Å². The maximum absolute atomic E-state index is 11.6. The van der Waals surface area contributed by atoms with Crippen molar-refractivity contribution in [3.63, 3.8) is 0 Å². The number of aryl methyl sites for hydroxylation is 1. The molecule has 0 aromatic carbocycles. The zero-order chi connectivity index (χ0) is 11.5. The highest BCUT2D eigenvalue weighted by Gasteiger charge is 2.14. The molecule has 0 saturated heterocycles. The molecule has 0 N–H and O–H groups in total. The molecular weight excluding hydrogens is 238 g/mol. The lowest BCUT2D eigenvalue weighted by Gasteiger charge is -2.00. The van der Waals surface area contributed by atoms with Crippen LogP contribution in [0.1, 0.15) is 12.6 Å². The van der Waals surface area contributed by atoms with Gasteiger partial charge in [-0.15, -0.1) is 5.10 Å². The topological polar surface area (TPSA) is 64.8 Å².